The molecule has 0 bridgehead atoms. The Hall–Kier alpha value is -2.64. The minimum absolute atomic E-state index is 0.0713. The summed E-state index contributed by atoms with van der Waals surface area (Å²) in [6.07, 6.45) is 0. The molecule has 1 unspecified atom stereocenters. The summed E-state index contributed by atoms with van der Waals surface area (Å²) in [4.78, 5) is 14.7. The maximum absolute atomic E-state index is 13.4. The van der Waals surface area contributed by atoms with E-state index in [0.717, 1.165) is 17.5 Å². The number of aromatic amines is 1. The molecule has 0 radical (unpaired) electrons. The Morgan fingerprint density at radius 3 is 2.44 bits per heavy atom. The van der Waals surface area contributed by atoms with Gasteiger partial charge in [0.05, 0.1) is 12.6 Å². The van der Waals surface area contributed by atoms with Gasteiger partial charge in [0.25, 0.3) is 5.56 Å². The number of benzene rings is 2. The molecule has 130 valence electrons. The summed E-state index contributed by atoms with van der Waals surface area (Å²) in [5.41, 5.74) is 0.363. The van der Waals surface area contributed by atoms with E-state index in [9.17, 15) is 23.1 Å². The highest BCUT2D eigenvalue weighted by molar-refractivity contribution is 5.81. The molecule has 1 atom stereocenters. The van der Waals surface area contributed by atoms with Gasteiger partial charge in [-0.3, -0.25) is 4.79 Å². The van der Waals surface area contributed by atoms with Crippen LogP contribution in [0.5, 0.6) is 0 Å². The summed E-state index contributed by atoms with van der Waals surface area (Å²) < 4.78 is 39.8. The van der Waals surface area contributed by atoms with Gasteiger partial charge in [0.2, 0.25) is 0 Å². The van der Waals surface area contributed by atoms with Crippen molar-refractivity contribution in [1.82, 2.24) is 10.3 Å². The molecule has 0 aliphatic heterocycles. The van der Waals surface area contributed by atoms with E-state index in [-0.39, 0.29) is 17.7 Å². The van der Waals surface area contributed by atoms with Crippen LogP contribution in [0, 0.1) is 17.5 Å². The first-order valence-corrected chi connectivity index (χ1v) is 7.59. The molecule has 0 aliphatic rings. The van der Waals surface area contributed by atoms with Crippen LogP contribution in [0.2, 0.25) is 0 Å². The van der Waals surface area contributed by atoms with Crippen LogP contribution in [0.15, 0.2) is 47.3 Å². The molecule has 0 fully saturated rings. The standard InChI is InChI=1S/C18H15F3N2O2/c19-14-6-11(7-15(20)17(14)21)16(9-24)22-8-12-5-10-3-1-2-4-13(10)18(25)23-12/h1-7,16,22,24H,8-9H2,(H,23,25). The lowest BCUT2D eigenvalue weighted by atomic mass is 10.1. The quantitative estimate of drug-likeness (QED) is 0.621. The number of aromatic nitrogens is 1. The van der Waals surface area contributed by atoms with Crippen LogP contribution >= 0.6 is 0 Å². The van der Waals surface area contributed by atoms with Crippen LogP contribution in [-0.4, -0.2) is 16.7 Å². The minimum atomic E-state index is -1.56. The number of H-pyrrole nitrogens is 1. The van der Waals surface area contributed by atoms with E-state index in [1.807, 2.05) is 0 Å². The van der Waals surface area contributed by atoms with Gasteiger partial charge in [0.1, 0.15) is 0 Å². The van der Waals surface area contributed by atoms with Crippen molar-refractivity contribution in [1.29, 1.82) is 0 Å². The number of hydrogen-bond donors (Lipinski definition) is 3. The molecular formula is C18H15F3N2O2. The maximum atomic E-state index is 13.4. The topological polar surface area (TPSA) is 65.1 Å². The highest BCUT2D eigenvalue weighted by Gasteiger charge is 2.17. The summed E-state index contributed by atoms with van der Waals surface area (Å²) in [7, 11) is 0. The molecule has 3 rings (SSSR count). The predicted octanol–water partition coefficient (Wildman–Crippen LogP) is 2.77. The molecule has 0 aliphatic carbocycles. The van der Waals surface area contributed by atoms with E-state index in [1.54, 1.807) is 30.3 Å². The largest absolute Gasteiger partial charge is 0.394 e. The molecule has 7 heteroatoms. The molecule has 3 aromatic rings. The van der Waals surface area contributed by atoms with E-state index >= 15 is 0 Å². The smallest absolute Gasteiger partial charge is 0.256 e. The fourth-order valence-electron chi connectivity index (χ4n) is 2.66. The highest BCUT2D eigenvalue weighted by atomic mass is 19.2. The third kappa shape index (κ3) is 3.57. The Bertz CT molecular complexity index is 949. The minimum Gasteiger partial charge on any atom is -0.394 e. The first-order valence-electron chi connectivity index (χ1n) is 7.59. The Labute approximate surface area is 140 Å². The van der Waals surface area contributed by atoms with Crippen LogP contribution in [0.25, 0.3) is 10.8 Å². The zero-order chi connectivity index (χ0) is 18.0. The number of rotatable bonds is 5. The fourth-order valence-corrected chi connectivity index (χ4v) is 2.66. The second-order valence-electron chi connectivity index (χ2n) is 5.63. The van der Waals surface area contributed by atoms with Crippen LogP contribution in [-0.2, 0) is 6.54 Å². The highest BCUT2D eigenvalue weighted by Crippen LogP contribution is 2.20. The number of halogens is 3. The predicted molar refractivity (Wildman–Crippen MR) is 87.6 cm³/mol. The maximum Gasteiger partial charge on any atom is 0.256 e. The first-order chi connectivity index (χ1) is 12.0. The molecule has 0 amide bonds. The molecule has 4 nitrogen and oxygen atoms in total. The van der Waals surface area contributed by atoms with E-state index in [2.05, 4.69) is 10.3 Å². The molecule has 1 heterocycles. The van der Waals surface area contributed by atoms with Gasteiger partial charge in [-0.25, -0.2) is 13.2 Å². The van der Waals surface area contributed by atoms with Gasteiger partial charge >= 0.3 is 0 Å². The summed E-state index contributed by atoms with van der Waals surface area (Å²) in [5, 5.41) is 13.7. The second-order valence-corrected chi connectivity index (χ2v) is 5.63. The molecule has 0 saturated heterocycles. The summed E-state index contributed by atoms with van der Waals surface area (Å²) in [6.45, 7) is -0.311. The van der Waals surface area contributed by atoms with Gasteiger partial charge in [0, 0.05) is 17.6 Å². The van der Waals surface area contributed by atoms with Crippen molar-refractivity contribution in [2.75, 3.05) is 6.61 Å². The normalized spacial score (nSPS) is 12.5. The van der Waals surface area contributed by atoms with Gasteiger partial charge in [-0.15, -0.1) is 0 Å². The van der Waals surface area contributed by atoms with Crippen LogP contribution < -0.4 is 10.9 Å². The van der Waals surface area contributed by atoms with Crippen molar-refractivity contribution in [2.45, 2.75) is 12.6 Å². The lowest BCUT2D eigenvalue weighted by Gasteiger charge is -2.17. The monoisotopic (exact) mass is 348 g/mol. The number of aliphatic hydroxyl groups excluding tert-OH is 1. The molecule has 0 saturated carbocycles. The molecule has 3 N–H and O–H groups in total. The average molecular weight is 348 g/mol. The van der Waals surface area contributed by atoms with Gasteiger partial charge < -0.3 is 15.4 Å². The van der Waals surface area contributed by atoms with E-state index in [0.29, 0.717) is 11.1 Å². The van der Waals surface area contributed by atoms with Crippen molar-refractivity contribution in [2.24, 2.45) is 0 Å². The van der Waals surface area contributed by atoms with Crippen LogP contribution in [0.1, 0.15) is 17.3 Å². The average Bonchev–Trinajstić information content (AvgIpc) is 2.60. The summed E-state index contributed by atoms with van der Waals surface area (Å²) in [6, 6.07) is 9.66. The fraction of sp³-hybridized carbons (Fsp3) is 0.167. The van der Waals surface area contributed by atoms with E-state index in [4.69, 9.17) is 0 Å². The molecule has 25 heavy (non-hydrogen) atoms. The Morgan fingerprint density at radius 2 is 1.76 bits per heavy atom. The van der Waals surface area contributed by atoms with Crippen molar-refractivity contribution < 1.29 is 18.3 Å². The second kappa shape index (κ2) is 7.08. The van der Waals surface area contributed by atoms with Gasteiger partial charge in [0.15, 0.2) is 17.5 Å². The van der Waals surface area contributed by atoms with Crippen molar-refractivity contribution in [3.05, 3.63) is 81.5 Å². The third-order valence-electron chi connectivity index (χ3n) is 3.94. The Balaban J connectivity index is 1.83. The van der Waals surface area contributed by atoms with Gasteiger partial charge in [-0.05, 0) is 35.2 Å². The van der Waals surface area contributed by atoms with Crippen molar-refractivity contribution in [3.63, 3.8) is 0 Å². The number of nitrogens with one attached hydrogen (secondary N) is 2. The Kier molecular flexibility index (Phi) is 4.87. The number of hydrogen-bond acceptors (Lipinski definition) is 3. The lowest BCUT2D eigenvalue weighted by Crippen LogP contribution is -2.26. The molecule has 0 spiro atoms. The van der Waals surface area contributed by atoms with Crippen molar-refractivity contribution in [3.8, 4) is 0 Å². The molecule has 1 aromatic heterocycles. The third-order valence-corrected chi connectivity index (χ3v) is 3.94. The van der Waals surface area contributed by atoms with Crippen molar-refractivity contribution >= 4 is 10.8 Å². The first kappa shape index (κ1) is 17.2. The summed E-state index contributed by atoms with van der Waals surface area (Å²) >= 11 is 0. The number of pyridine rings is 1. The SMILES string of the molecule is O=c1[nH]c(CNC(CO)c2cc(F)c(F)c(F)c2)cc2ccccc12. The van der Waals surface area contributed by atoms with E-state index < -0.39 is 30.1 Å². The van der Waals surface area contributed by atoms with Crippen LogP contribution in [0.4, 0.5) is 13.2 Å². The number of fused-ring (bicyclic) bond motifs is 1. The van der Waals surface area contributed by atoms with Gasteiger partial charge in [-0.1, -0.05) is 18.2 Å². The lowest BCUT2D eigenvalue weighted by molar-refractivity contribution is 0.242. The molecule has 2 aromatic carbocycles. The zero-order valence-electron chi connectivity index (χ0n) is 13.0. The Morgan fingerprint density at radius 1 is 1.08 bits per heavy atom. The van der Waals surface area contributed by atoms with Gasteiger partial charge in [-0.2, -0.15) is 0 Å². The van der Waals surface area contributed by atoms with E-state index in [1.165, 1.54) is 0 Å². The zero-order valence-corrected chi connectivity index (χ0v) is 13.0. The summed E-state index contributed by atoms with van der Waals surface area (Å²) in [5.74, 6) is -4.21. The molecular weight excluding hydrogens is 333 g/mol. The number of aliphatic hydroxyl groups is 1. The van der Waals surface area contributed by atoms with Crippen LogP contribution in [0.3, 0.4) is 0 Å².